The molecule has 0 aliphatic carbocycles. The molecule has 1 aromatic rings. The third kappa shape index (κ3) is 10.3. The van der Waals surface area contributed by atoms with Gasteiger partial charge in [-0.3, -0.25) is 9.59 Å². The van der Waals surface area contributed by atoms with E-state index in [0.29, 0.717) is 0 Å². The number of rotatable bonds is 12. The van der Waals surface area contributed by atoms with Gasteiger partial charge in [-0.2, -0.15) is 0 Å². The van der Waals surface area contributed by atoms with E-state index >= 15 is 0 Å². The number of halogens is 3. The molecule has 0 aliphatic rings. The normalized spacial score (nSPS) is 10.7. The Kier molecular flexibility index (Phi) is 12.6. The first-order valence-corrected chi connectivity index (χ1v) is 11.8. The van der Waals surface area contributed by atoms with Crippen molar-refractivity contribution in [3.05, 3.63) is 28.4 Å². The van der Waals surface area contributed by atoms with Crippen molar-refractivity contribution in [2.75, 3.05) is 6.54 Å². The minimum Gasteiger partial charge on any atom is -0.481 e. The SMILES string of the molecule is O=C(O)CCCCCCCCCCNC(=O)c1c(I)cc(I)cc1I. The van der Waals surface area contributed by atoms with Gasteiger partial charge < -0.3 is 10.4 Å². The molecule has 1 aromatic carbocycles. The molecule has 0 spiro atoms. The molecular weight excluding hydrogens is 659 g/mol. The lowest BCUT2D eigenvalue weighted by atomic mass is 10.1. The summed E-state index contributed by atoms with van der Waals surface area (Å²) >= 11 is 6.70. The fourth-order valence-electron chi connectivity index (χ4n) is 2.51. The number of carboxylic acid groups (broad SMARTS) is 1. The number of carbonyl (C=O) groups excluding carboxylic acids is 1. The zero-order chi connectivity index (χ0) is 18.7. The third-order valence-electron chi connectivity index (χ3n) is 3.84. The quantitative estimate of drug-likeness (QED) is 0.216. The van der Waals surface area contributed by atoms with Gasteiger partial charge in [-0.05, 0) is 92.7 Å². The van der Waals surface area contributed by atoms with E-state index in [1.54, 1.807) is 0 Å². The van der Waals surface area contributed by atoms with Crippen molar-refractivity contribution in [1.29, 1.82) is 0 Å². The van der Waals surface area contributed by atoms with Gasteiger partial charge in [0.2, 0.25) is 0 Å². The molecule has 0 heterocycles. The van der Waals surface area contributed by atoms with Gasteiger partial charge in [0.1, 0.15) is 0 Å². The molecule has 0 saturated carbocycles. The summed E-state index contributed by atoms with van der Waals surface area (Å²) in [6, 6.07) is 4.04. The lowest BCUT2D eigenvalue weighted by Crippen LogP contribution is -2.26. The van der Waals surface area contributed by atoms with Crippen molar-refractivity contribution in [3.8, 4) is 0 Å². The number of hydrogen-bond acceptors (Lipinski definition) is 2. The summed E-state index contributed by atoms with van der Waals surface area (Å²) in [7, 11) is 0. The molecule has 0 aliphatic heterocycles. The lowest BCUT2D eigenvalue weighted by molar-refractivity contribution is -0.137. The molecule has 0 radical (unpaired) electrons. The highest BCUT2D eigenvalue weighted by Gasteiger charge is 2.14. The summed E-state index contributed by atoms with van der Waals surface area (Å²) in [6.07, 6.45) is 8.86. The van der Waals surface area contributed by atoms with Crippen LogP contribution in [-0.4, -0.2) is 23.5 Å². The average molecular weight is 683 g/mol. The van der Waals surface area contributed by atoms with Crippen LogP contribution in [0.2, 0.25) is 0 Å². The van der Waals surface area contributed by atoms with Crippen molar-refractivity contribution in [2.24, 2.45) is 0 Å². The minimum atomic E-state index is -0.698. The standard InChI is InChI=1S/C18H24I3NO3/c19-13-11-14(20)17(15(21)12-13)18(25)22-10-8-6-4-2-1-3-5-7-9-16(23)24/h11-12H,1-10H2,(H,22,25)(H,23,24). The Balaban J connectivity index is 2.08. The molecule has 140 valence electrons. The van der Waals surface area contributed by atoms with Gasteiger partial charge in [0.15, 0.2) is 0 Å². The molecule has 0 atom stereocenters. The van der Waals surface area contributed by atoms with Gasteiger partial charge in [-0.15, -0.1) is 0 Å². The summed E-state index contributed by atoms with van der Waals surface area (Å²) in [4.78, 5) is 22.7. The predicted octanol–water partition coefficient (Wildman–Crippen LogP) is 5.83. The highest BCUT2D eigenvalue weighted by atomic mass is 127. The highest BCUT2D eigenvalue weighted by Crippen LogP contribution is 2.22. The van der Waals surface area contributed by atoms with Crippen LogP contribution in [0.25, 0.3) is 0 Å². The van der Waals surface area contributed by atoms with E-state index in [-0.39, 0.29) is 12.3 Å². The highest BCUT2D eigenvalue weighted by molar-refractivity contribution is 14.1. The average Bonchev–Trinajstić information content (AvgIpc) is 2.51. The van der Waals surface area contributed by atoms with Crippen LogP contribution in [0.5, 0.6) is 0 Å². The minimum absolute atomic E-state index is 0.0173. The molecule has 2 N–H and O–H groups in total. The van der Waals surface area contributed by atoms with E-state index < -0.39 is 5.97 Å². The van der Waals surface area contributed by atoms with E-state index in [9.17, 15) is 9.59 Å². The maximum absolute atomic E-state index is 12.3. The van der Waals surface area contributed by atoms with E-state index in [1.165, 1.54) is 19.3 Å². The Hall–Kier alpha value is 0.350. The molecule has 0 fully saturated rings. The smallest absolute Gasteiger partial charge is 0.303 e. The monoisotopic (exact) mass is 683 g/mol. The van der Waals surface area contributed by atoms with Gasteiger partial charge in [0.25, 0.3) is 5.91 Å². The number of carboxylic acids is 1. The Morgan fingerprint density at radius 2 is 1.32 bits per heavy atom. The number of unbranched alkanes of at least 4 members (excludes halogenated alkanes) is 7. The van der Waals surface area contributed by atoms with E-state index in [4.69, 9.17) is 5.11 Å². The molecule has 0 saturated heterocycles. The largest absolute Gasteiger partial charge is 0.481 e. The van der Waals surface area contributed by atoms with Crippen molar-refractivity contribution in [2.45, 2.75) is 57.8 Å². The molecule has 7 heteroatoms. The third-order valence-corrected chi connectivity index (χ3v) is 6.16. The zero-order valence-corrected chi connectivity index (χ0v) is 20.6. The van der Waals surface area contributed by atoms with Gasteiger partial charge in [-0.25, -0.2) is 0 Å². The number of nitrogens with one attached hydrogen (secondary N) is 1. The zero-order valence-electron chi connectivity index (χ0n) is 14.1. The van der Waals surface area contributed by atoms with Gasteiger partial charge in [0, 0.05) is 23.7 Å². The van der Waals surface area contributed by atoms with Crippen molar-refractivity contribution >= 4 is 79.6 Å². The summed E-state index contributed by atoms with van der Waals surface area (Å²) in [5.41, 5.74) is 0.781. The maximum Gasteiger partial charge on any atom is 0.303 e. The summed E-state index contributed by atoms with van der Waals surface area (Å²) in [5.74, 6) is -0.680. The second kappa shape index (κ2) is 13.5. The van der Waals surface area contributed by atoms with E-state index in [0.717, 1.165) is 54.9 Å². The Morgan fingerprint density at radius 3 is 1.84 bits per heavy atom. The first kappa shape index (κ1) is 23.4. The van der Waals surface area contributed by atoms with Crippen LogP contribution in [0.3, 0.4) is 0 Å². The van der Waals surface area contributed by atoms with Gasteiger partial charge in [0.05, 0.1) is 5.56 Å². The fraction of sp³-hybridized carbons (Fsp3) is 0.556. The number of amides is 1. The number of benzene rings is 1. The Morgan fingerprint density at radius 1 is 0.840 bits per heavy atom. The van der Waals surface area contributed by atoms with E-state index in [1.807, 2.05) is 12.1 Å². The van der Waals surface area contributed by atoms with Crippen molar-refractivity contribution < 1.29 is 14.7 Å². The van der Waals surface area contributed by atoms with Crippen LogP contribution >= 0.6 is 67.8 Å². The molecular formula is C18H24I3NO3. The summed E-state index contributed by atoms with van der Waals surface area (Å²) in [5, 5.41) is 11.6. The Labute approximate surface area is 190 Å². The summed E-state index contributed by atoms with van der Waals surface area (Å²) < 4.78 is 3.13. The molecule has 4 nitrogen and oxygen atoms in total. The van der Waals surface area contributed by atoms with Crippen molar-refractivity contribution in [1.82, 2.24) is 5.32 Å². The van der Waals surface area contributed by atoms with Crippen LogP contribution in [-0.2, 0) is 4.79 Å². The fourth-order valence-corrected chi connectivity index (χ4v) is 6.58. The number of carbonyl (C=O) groups is 2. The molecule has 1 amide bonds. The molecule has 1 rings (SSSR count). The number of aliphatic carboxylic acids is 1. The van der Waals surface area contributed by atoms with Crippen LogP contribution in [0.1, 0.15) is 68.1 Å². The van der Waals surface area contributed by atoms with E-state index in [2.05, 4.69) is 73.1 Å². The van der Waals surface area contributed by atoms with Crippen LogP contribution in [0.15, 0.2) is 12.1 Å². The first-order valence-electron chi connectivity index (χ1n) is 8.56. The molecule has 0 unspecified atom stereocenters. The first-order chi connectivity index (χ1) is 11.9. The predicted molar refractivity (Wildman–Crippen MR) is 126 cm³/mol. The topological polar surface area (TPSA) is 66.4 Å². The maximum atomic E-state index is 12.3. The summed E-state index contributed by atoms with van der Waals surface area (Å²) in [6.45, 7) is 0.718. The van der Waals surface area contributed by atoms with Crippen molar-refractivity contribution in [3.63, 3.8) is 0 Å². The van der Waals surface area contributed by atoms with Crippen LogP contribution in [0.4, 0.5) is 0 Å². The molecule has 0 bridgehead atoms. The van der Waals surface area contributed by atoms with Crippen LogP contribution in [0, 0.1) is 10.7 Å². The second-order valence-corrected chi connectivity index (χ2v) is 9.54. The van der Waals surface area contributed by atoms with Gasteiger partial charge >= 0.3 is 5.97 Å². The van der Waals surface area contributed by atoms with Gasteiger partial charge in [-0.1, -0.05) is 38.5 Å². The molecule has 0 aromatic heterocycles. The lowest BCUT2D eigenvalue weighted by Gasteiger charge is -2.09. The second-order valence-electron chi connectivity index (χ2n) is 5.97. The molecule has 25 heavy (non-hydrogen) atoms. The number of hydrogen-bond donors (Lipinski definition) is 2. The van der Waals surface area contributed by atoms with Crippen LogP contribution < -0.4 is 5.32 Å². The Bertz CT molecular complexity index is 556.